The molecule has 0 aliphatic carbocycles. The quantitative estimate of drug-likeness (QED) is 0.680. The van der Waals surface area contributed by atoms with Crippen LogP contribution in [0.3, 0.4) is 0 Å². The van der Waals surface area contributed by atoms with Crippen LogP contribution in [0, 0.1) is 0 Å². The summed E-state index contributed by atoms with van der Waals surface area (Å²) in [5.41, 5.74) is 0.996. The van der Waals surface area contributed by atoms with Crippen molar-refractivity contribution < 1.29 is 5.11 Å². The van der Waals surface area contributed by atoms with E-state index < -0.39 is 6.10 Å². The molecular weight excluding hydrogens is 306 g/mol. The van der Waals surface area contributed by atoms with E-state index in [2.05, 4.69) is 67.3 Å². The number of rotatable bonds is 5. The molecule has 0 saturated heterocycles. The molecule has 0 heterocycles. The summed E-state index contributed by atoms with van der Waals surface area (Å²) < 4.78 is 0. The van der Waals surface area contributed by atoms with Crippen molar-refractivity contribution in [2.24, 2.45) is 0 Å². The fourth-order valence-corrected chi connectivity index (χ4v) is 3.06. The summed E-state index contributed by atoms with van der Waals surface area (Å²) in [4.78, 5) is 2.25. The highest BCUT2D eigenvalue weighted by atomic mass is 35.5. The maximum atomic E-state index is 10.5. The van der Waals surface area contributed by atoms with Gasteiger partial charge in [-0.1, -0.05) is 62.4 Å². The highest BCUT2D eigenvalue weighted by Gasteiger charge is 2.12. The Balaban J connectivity index is 0.00000192. The second-order valence-electron chi connectivity index (χ2n) is 5.77. The summed E-state index contributed by atoms with van der Waals surface area (Å²) in [5, 5.41) is 15.5. The minimum atomic E-state index is -0.441. The minimum absolute atomic E-state index is 0. The molecule has 0 spiro atoms. The highest BCUT2D eigenvalue weighted by molar-refractivity contribution is 6.07. The standard InChI is InChI=1S/C20H23NO.ClH/c1-3-21(4-2)14-20(22)17-12-11-16-10-9-15-7-5-6-8-18(15)19(16)13-17;/h5-13,20,22H,3-4,14H2,1-2H3;1H. The first-order valence-corrected chi connectivity index (χ1v) is 8.04. The Labute approximate surface area is 144 Å². The van der Waals surface area contributed by atoms with Crippen LogP contribution in [0.25, 0.3) is 21.5 Å². The molecule has 3 aromatic rings. The van der Waals surface area contributed by atoms with Gasteiger partial charge in [-0.15, -0.1) is 12.4 Å². The molecule has 0 bridgehead atoms. The average molecular weight is 330 g/mol. The molecule has 2 nitrogen and oxygen atoms in total. The lowest BCUT2D eigenvalue weighted by atomic mass is 9.98. The van der Waals surface area contributed by atoms with Gasteiger partial charge in [0.15, 0.2) is 0 Å². The van der Waals surface area contributed by atoms with Crippen molar-refractivity contribution in [2.75, 3.05) is 19.6 Å². The van der Waals surface area contributed by atoms with E-state index in [4.69, 9.17) is 0 Å². The van der Waals surface area contributed by atoms with Crippen LogP contribution in [0.2, 0.25) is 0 Å². The smallest absolute Gasteiger partial charge is 0.0917 e. The summed E-state index contributed by atoms with van der Waals surface area (Å²) in [6.07, 6.45) is -0.441. The number of benzene rings is 3. The van der Waals surface area contributed by atoms with E-state index in [-0.39, 0.29) is 12.4 Å². The van der Waals surface area contributed by atoms with Gasteiger partial charge in [0.2, 0.25) is 0 Å². The van der Waals surface area contributed by atoms with E-state index in [1.54, 1.807) is 0 Å². The molecule has 1 atom stereocenters. The molecule has 3 aromatic carbocycles. The molecule has 0 aliphatic heterocycles. The topological polar surface area (TPSA) is 23.5 Å². The van der Waals surface area contributed by atoms with Crippen molar-refractivity contribution in [1.29, 1.82) is 0 Å². The van der Waals surface area contributed by atoms with Crippen molar-refractivity contribution >= 4 is 34.0 Å². The van der Waals surface area contributed by atoms with Gasteiger partial charge in [0.1, 0.15) is 0 Å². The number of hydrogen-bond acceptors (Lipinski definition) is 2. The van der Waals surface area contributed by atoms with Crippen LogP contribution in [0.4, 0.5) is 0 Å². The molecule has 1 unspecified atom stereocenters. The van der Waals surface area contributed by atoms with Gasteiger partial charge >= 0.3 is 0 Å². The Morgan fingerprint density at radius 2 is 1.48 bits per heavy atom. The number of nitrogens with zero attached hydrogens (tertiary/aromatic N) is 1. The average Bonchev–Trinajstić information content (AvgIpc) is 2.58. The highest BCUT2D eigenvalue weighted by Crippen LogP contribution is 2.28. The van der Waals surface area contributed by atoms with Crippen LogP contribution in [0.5, 0.6) is 0 Å². The first-order chi connectivity index (χ1) is 10.7. The van der Waals surface area contributed by atoms with Gasteiger partial charge in [-0.3, -0.25) is 0 Å². The fraction of sp³-hybridized carbons (Fsp3) is 0.300. The summed E-state index contributed by atoms with van der Waals surface area (Å²) in [5.74, 6) is 0. The van der Waals surface area contributed by atoms with Crippen molar-refractivity contribution in [2.45, 2.75) is 20.0 Å². The number of aliphatic hydroxyl groups excluding tert-OH is 1. The Hall–Kier alpha value is -1.61. The molecule has 3 heteroatoms. The molecule has 0 radical (unpaired) electrons. The zero-order valence-corrected chi connectivity index (χ0v) is 14.5. The zero-order chi connectivity index (χ0) is 15.5. The van der Waals surface area contributed by atoms with Gasteiger partial charge in [-0.05, 0) is 46.3 Å². The molecule has 0 aliphatic rings. The summed E-state index contributed by atoms with van der Waals surface area (Å²) in [6, 6.07) is 19.0. The van der Waals surface area contributed by atoms with Gasteiger partial charge in [-0.2, -0.15) is 0 Å². The molecule has 1 N–H and O–H groups in total. The van der Waals surface area contributed by atoms with Crippen LogP contribution in [0.15, 0.2) is 54.6 Å². The van der Waals surface area contributed by atoms with Gasteiger partial charge in [-0.25, -0.2) is 0 Å². The van der Waals surface area contributed by atoms with Gasteiger partial charge in [0.25, 0.3) is 0 Å². The number of hydrogen-bond donors (Lipinski definition) is 1. The Morgan fingerprint density at radius 1 is 0.870 bits per heavy atom. The second kappa shape index (κ2) is 7.78. The molecule has 0 amide bonds. The zero-order valence-electron chi connectivity index (χ0n) is 13.7. The fourth-order valence-electron chi connectivity index (χ4n) is 3.06. The number of halogens is 1. The van der Waals surface area contributed by atoms with E-state index in [0.29, 0.717) is 6.54 Å². The van der Waals surface area contributed by atoms with Crippen molar-refractivity contribution in [3.05, 3.63) is 60.2 Å². The Kier molecular flexibility index (Phi) is 6.00. The van der Waals surface area contributed by atoms with E-state index in [9.17, 15) is 5.11 Å². The number of fused-ring (bicyclic) bond motifs is 3. The van der Waals surface area contributed by atoms with Crippen LogP contribution in [-0.2, 0) is 0 Å². The Bertz CT molecular complexity index is 783. The molecule has 0 saturated carbocycles. The van der Waals surface area contributed by atoms with Crippen LogP contribution >= 0.6 is 12.4 Å². The lowest BCUT2D eigenvalue weighted by molar-refractivity contribution is 0.119. The maximum absolute atomic E-state index is 10.5. The third kappa shape index (κ3) is 3.66. The van der Waals surface area contributed by atoms with Crippen molar-refractivity contribution in [3.63, 3.8) is 0 Å². The SMILES string of the molecule is CCN(CC)CC(O)c1ccc2ccc3ccccc3c2c1.Cl. The van der Waals surface area contributed by atoms with Crippen LogP contribution in [0.1, 0.15) is 25.5 Å². The van der Waals surface area contributed by atoms with Gasteiger partial charge in [0, 0.05) is 6.54 Å². The van der Waals surface area contributed by atoms with Crippen molar-refractivity contribution in [3.8, 4) is 0 Å². The lowest BCUT2D eigenvalue weighted by Crippen LogP contribution is -2.28. The molecular formula is C20H24ClNO. The number of likely N-dealkylation sites (N-methyl/N-ethyl adjacent to an activating group) is 1. The molecule has 0 fully saturated rings. The second-order valence-corrected chi connectivity index (χ2v) is 5.77. The summed E-state index contributed by atoms with van der Waals surface area (Å²) >= 11 is 0. The lowest BCUT2D eigenvalue weighted by Gasteiger charge is -2.22. The van der Waals surface area contributed by atoms with Crippen LogP contribution in [-0.4, -0.2) is 29.6 Å². The maximum Gasteiger partial charge on any atom is 0.0917 e. The third-order valence-corrected chi connectivity index (χ3v) is 4.48. The monoisotopic (exact) mass is 329 g/mol. The molecule has 122 valence electrons. The molecule has 3 rings (SSSR count). The van der Waals surface area contributed by atoms with E-state index in [1.165, 1.54) is 21.5 Å². The van der Waals surface area contributed by atoms with E-state index in [1.807, 2.05) is 6.07 Å². The third-order valence-electron chi connectivity index (χ3n) is 4.48. The minimum Gasteiger partial charge on any atom is -0.387 e. The first-order valence-electron chi connectivity index (χ1n) is 8.04. The summed E-state index contributed by atoms with van der Waals surface area (Å²) in [6.45, 7) is 6.87. The van der Waals surface area contributed by atoms with Crippen LogP contribution < -0.4 is 0 Å². The van der Waals surface area contributed by atoms with E-state index >= 15 is 0 Å². The first kappa shape index (κ1) is 17.7. The van der Waals surface area contributed by atoms with Gasteiger partial charge in [0.05, 0.1) is 6.10 Å². The summed E-state index contributed by atoms with van der Waals surface area (Å²) in [7, 11) is 0. The predicted octanol–water partition coefficient (Wildman–Crippen LogP) is 4.79. The number of aliphatic hydroxyl groups is 1. The molecule has 23 heavy (non-hydrogen) atoms. The normalized spacial score (nSPS) is 12.5. The molecule has 0 aromatic heterocycles. The largest absolute Gasteiger partial charge is 0.387 e. The Morgan fingerprint density at radius 3 is 2.17 bits per heavy atom. The van der Waals surface area contributed by atoms with E-state index in [0.717, 1.165) is 18.7 Å². The predicted molar refractivity (Wildman–Crippen MR) is 101 cm³/mol. The van der Waals surface area contributed by atoms with Gasteiger partial charge < -0.3 is 10.0 Å². The van der Waals surface area contributed by atoms with Crippen molar-refractivity contribution in [1.82, 2.24) is 4.90 Å².